The fraction of sp³-hybridized carbons (Fsp3) is 0.300. The van der Waals surface area contributed by atoms with Crippen LogP contribution in [0.3, 0.4) is 0 Å². The lowest BCUT2D eigenvalue weighted by molar-refractivity contribution is 0.0674. The molecule has 0 radical (unpaired) electrons. The zero-order valence-corrected chi connectivity index (χ0v) is 22.1. The first-order chi connectivity index (χ1) is 19.4. The van der Waals surface area contributed by atoms with Gasteiger partial charge in [-0.05, 0) is 61.9 Å². The third-order valence-corrected chi connectivity index (χ3v) is 7.25. The van der Waals surface area contributed by atoms with Gasteiger partial charge in [0.1, 0.15) is 11.6 Å². The van der Waals surface area contributed by atoms with Crippen molar-refractivity contribution in [2.75, 3.05) is 18.4 Å². The summed E-state index contributed by atoms with van der Waals surface area (Å²) in [5.41, 5.74) is 3.27. The Morgan fingerprint density at radius 3 is 2.65 bits per heavy atom. The molecule has 0 spiro atoms. The number of benzene rings is 2. The first kappa shape index (κ1) is 26.9. The Morgan fingerprint density at radius 1 is 1.15 bits per heavy atom. The summed E-state index contributed by atoms with van der Waals surface area (Å²) in [6.45, 7) is 2.89. The fourth-order valence-corrected chi connectivity index (χ4v) is 5.09. The normalized spacial score (nSPS) is 14.5. The lowest BCUT2D eigenvalue weighted by Gasteiger charge is -2.33. The summed E-state index contributed by atoms with van der Waals surface area (Å²) in [4.78, 5) is 23.5. The zero-order valence-electron chi connectivity index (χ0n) is 22.1. The molecule has 4 aromatic rings. The van der Waals surface area contributed by atoms with E-state index in [1.54, 1.807) is 17.3 Å². The average Bonchev–Trinajstić information content (AvgIpc) is 3.45. The van der Waals surface area contributed by atoms with Gasteiger partial charge >= 0.3 is 0 Å². The summed E-state index contributed by atoms with van der Waals surface area (Å²) in [6.07, 6.45) is 7.92. The number of carbonyl (C=O) groups is 1. The zero-order chi connectivity index (χ0) is 28.1. The monoisotopic (exact) mass is 541 g/mol. The first-order valence-corrected chi connectivity index (χ1v) is 13.2. The minimum Gasteiger partial charge on any atom is -0.339 e. The van der Waals surface area contributed by atoms with E-state index < -0.39 is 17.5 Å². The maximum absolute atomic E-state index is 14.1. The van der Waals surface area contributed by atoms with Crippen LogP contribution in [0, 0.1) is 35.8 Å². The highest BCUT2D eigenvalue weighted by Gasteiger charge is 2.28. The molecule has 1 aliphatic heterocycles. The molecule has 40 heavy (non-hydrogen) atoms. The van der Waals surface area contributed by atoms with E-state index in [0.717, 1.165) is 53.9 Å². The van der Waals surface area contributed by atoms with E-state index in [0.29, 0.717) is 25.5 Å². The summed E-state index contributed by atoms with van der Waals surface area (Å²) in [5, 5.41) is 17.3. The number of halogens is 2. The van der Waals surface area contributed by atoms with Gasteiger partial charge in [-0.25, -0.2) is 18.7 Å². The third kappa shape index (κ3) is 6.15. The highest BCUT2D eigenvalue weighted by atomic mass is 19.1. The number of aromatic nitrogens is 4. The lowest BCUT2D eigenvalue weighted by Crippen LogP contribution is -2.39. The predicted molar refractivity (Wildman–Crippen MR) is 147 cm³/mol. The van der Waals surface area contributed by atoms with E-state index in [2.05, 4.69) is 21.5 Å². The summed E-state index contributed by atoms with van der Waals surface area (Å²) in [7, 11) is 0. The van der Waals surface area contributed by atoms with Crippen LogP contribution in [-0.4, -0.2) is 43.6 Å². The number of piperidine rings is 1. The van der Waals surface area contributed by atoms with Gasteiger partial charge in [0.25, 0.3) is 5.91 Å². The summed E-state index contributed by atoms with van der Waals surface area (Å²) in [5.74, 6) is -1.23. The number of rotatable bonds is 8. The highest BCUT2D eigenvalue weighted by Crippen LogP contribution is 2.31. The number of likely N-dealkylation sites (tertiary alicyclic amines) is 1. The molecule has 2 aromatic carbocycles. The summed E-state index contributed by atoms with van der Waals surface area (Å²) < 4.78 is 29.2. The van der Waals surface area contributed by atoms with Gasteiger partial charge < -0.3 is 10.2 Å². The SMILES string of the molecule is Cc1cnc(Nc2ccccc2)nc1-c1cnn(C(CC#N)CC2CCN(C(=O)c3ccc(F)cc3F)CC2)c1. The number of hydrogen-bond donors (Lipinski definition) is 1. The van der Waals surface area contributed by atoms with Gasteiger partial charge in [0.2, 0.25) is 5.95 Å². The topological polar surface area (TPSA) is 99.7 Å². The third-order valence-electron chi connectivity index (χ3n) is 7.25. The number of carbonyl (C=O) groups excluding carboxylic acids is 1. The Morgan fingerprint density at radius 2 is 1.93 bits per heavy atom. The number of nitrogens with one attached hydrogen (secondary N) is 1. The molecule has 1 fully saturated rings. The second-order valence-electron chi connectivity index (χ2n) is 10.0. The molecule has 0 aliphatic carbocycles. The van der Waals surface area contributed by atoms with Crippen molar-refractivity contribution in [3.8, 4) is 17.3 Å². The van der Waals surface area contributed by atoms with Crippen LogP contribution in [0.25, 0.3) is 11.3 Å². The molecule has 1 atom stereocenters. The quantitative estimate of drug-likeness (QED) is 0.291. The maximum Gasteiger partial charge on any atom is 0.256 e. The average molecular weight is 542 g/mol. The molecule has 0 saturated carbocycles. The van der Waals surface area contributed by atoms with E-state index >= 15 is 0 Å². The second kappa shape index (κ2) is 12.0. The van der Waals surface area contributed by atoms with Crippen molar-refractivity contribution in [2.24, 2.45) is 5.92 Å². The number of nitriles is 1. The van der Waals surface area contributed by atoms with Crippen molar-refractivity contribution in [1.82, 2.24) is 24.6 Å². The number of anilines is 2. The Hall–Kier alpha value is -4.65. The van der Waals surface area contributed by atoms with Gasteiger partial charge in [-0.3, -0.25) is 9.48 Å². The van der Waals surface area contributed by atoms with Gasteiger partial charge in [-0.2, -0.15) is 10.4 Å². The Bertz CT molecular complexity index is 1520. The molecule has 8 nitrogen and oxygen atoms in total. The smallest absolute Gasteiger partial charge is 0.256 e. The fourth-order valence-electron chi connectivity index (χ4n) is 5.09. The van der Waals surface area contributed by atoms with Gasteiger partial charge in [0.05, 0.1) is 36.0 Å². The minimum atomic E-state index is -0.849. The van der Waals surface area contributed by atoms with E-state index in [-0.39, 0.29) is 17.5 Å². The maximum atomic E-state index is 14.1. The van der Waals surface area contributed by atoms with Crippen LogP contribution in [0.2, 0.25) is 0 Å². The molecular formula is C30H29F2N7O. The van der Waals surface area contributed by atoms with Crippen LogP contribution in [0.1, 0.15) is 47.6 Å². The number of para-hydroxylation sites is 1. The first-order valence-electron chi connectivity index (χ1n) is 13.2. The predicted octanol–water partition coefficient (Wildman–Crippen LogP) is 6.07. The molecule has 1 saturated heterocycles. The van der Waals surface area contributed by atoms with Crippen molar-refractivity contribution < 1.29 is 13.6 Å². The van der Waals surface area contributed by atoms with Crippen LogP contribution in [0.5, 0.6) is 0 Å². The Balaban J connectivity index is 1.24. The van der Waals surface area contributed by atoms with E-state index in [4.69, 9.17) is 4.98 Å². The van der Waals surface area contributed by atoms with Crippen LogP contribution in [-0.2, 0) is 0 Å². The molecule has 1 amide bonds. The van der Waals surface area contributed by atoms with Crippen LogP contribution >= 0.6 is 0 Å². The number of hydrogen-bond acceptors (Lipinski definition) is 6. The Kier molecular flexibility index (Phi) is 8.10. The molecule has 3 heterocycles. The van der Waals surface area contributed by atoms with Crippen molar-refractivity contribution in [1.29, 1.82) is 5.26 Å². The van der Waals surface area contributed by atoms with Gasteiger partial charge in [-0.1, -0.05) is 18.2 Å². The van der Waals surface area contributed by atoms with Crippen molar-refractivity contribution >= 4 is 17.5 Å². The lowest BCUT2D eigenvalue weighted by atomic mass is 9.89. The molecule has 10 heteroatoms. The van der Waals surface area contributed by atoms with Gasteiger partial charge in [0, 0.05) is 42.8 Å². The molecule has 2 aromatic heterocycles. The molecule has 0 bridgehead atoms. The molecule has 1 aliphatic rings. The molecule has 1 unspecified atom stereocenters. The minimum absolute atomic E-state index is 0.117. The Labute approximate surface area is 231 Å². The second-order valence-corrected chi connectivity index (χ2v) is 10.0. The van der Waals surface area contributed by atoms with Gasteiger partial charge in [0.15, 0.2) is 0 Å². The highest BCUT2D eigenvalue weighted by molar-refractivity contribution is 5.94. The molecule has 204 valence electrons. The van der Waals surface area contributed by atoms with Crippen LogP contribution in [0.15, 0.2) is 67.1 Å². The van der Waals surface area contributed by atoms with E-state index in [1.807, 2.05) is 48.1 Å². The molecule has 5 rings (SSSR count). The summed E-state index contributed by atoms with van der Waals surface area (Å²) >= 11 is 0. The number of amides is 1. The number of aryl methyl sites for hydroxylation is 1. The van der Waals surface area contributed by atoms with E-state index in [9.17, 15) is 18.8 Å². The van der Waals surface area contributed by atoms with Crippen LogP contribution < -0.4 is 5.32 Å². The van der Waals surface area contributed by atoms with Gasteiger partial charge in [-0.15, -0.1) is 0 Å². The van der Waals surface area contributed by atoms with Crippen molar-refractivity contribution in [3.05, 3.63) is 89.9 Å². The standard InChI is InChI=1S/C30H29F2N7O/c1-20-17-34-30(36-24-5-3-2-4-6-24)37-28(20)22-18-35-39(19-22)25(9-12-33)15-21-10-13-38(14-11-21)29(40)26-8-7-23(31)16-27(26)32/h2-8,16-19,21,25H,9-11,13-15H2,1H3,(H,34,36,37). The molecule has 1 N–H and O–H groups in total. The largest absolute Gasteiger partial charge is 0.339 e. The summed E-state index contributed by atoms with van der Waals surface area (Å²) in [6, 6.07) is 14.8. The number of nitrogens with zero attached hydrogens (tertiary/aromatic N) is 6. The van der Waals surface area contributed by atoms with Crippen molar-refractivity contribution in [2.45, 2.75) is 38.6 Å². The van der Waals surface area contributed by atoms with Crippen LogP contribution in [0.4, 0.5) is 20.4 Å². The molecular weight excluding hydrogens is 512 g/mol. The van der Waals surface area contributed by atoms with Crippen molar-refractivity contribution in [3.63, 3.8) is 0 Å². The van der Waals surface area contributed by atoms with E-state index in [1.165, 1.54) is 6.07 Å².